The van der Waals surface area contributed by atoms with Crippen molar-refractivity contribution in [1.82, 2.24) is 0 Å². The van der Waals surface area contributed by atoms with E-state index in [9.17, 15) is 19.3 Å². The molecule has 0 aliphatic carbocycles. The molecule has 1 aromatic rings. The predicted molar refractivity (Wildman–Crippen MR) is 53.1 cm³/mol. The summed E-state index contributed by atoms with van der Waals surface area (Å²) < 4.78 is 13.1. The first-order chi connectivity index (χ1) is 6.86. The molecule has 0 spiro atoms. The standard InChI is InChI=1S/C8H4Cl2FNO3/c1-3(13)4-2-5(11)7(10)8(6(4)9)12(14)15/h2H,1H3. The maximum Gasteiger partial charge on any atom is 0.310 e. The first kappa shape index (κ1) is 11.9. The lowest BCUT2D eigenvalue weighted by molar-refractivity contribution is -0.384. The Bertz CT molecular complexity index is 462. The average molecular weight is 252 g/mol. The second kappa shape index (κ2) is 4.12. The number of hydrogen-bond acceptors (Lipinski definition) is 3. The molecule has 0 aliphatic heterocycles. The summed E-state index contributed by atoms with van der Waals surface area (Å²) in [4.78, 5) is 20.6. The summed E-state index contributed by atoms with van der Waals surface area (Å²) in [6.45, 7) is 1.12. The van der Waals surface area contributed by atoms with Crippen molar-refractivity contribution in [2.45, 2.75) is 6.92 Å². The molecule has 0 saturated carbocycles. The van der Waals surface area contributed by atoms with Crippen LogP contribution in [0, 0.1) is 15.9 Å². The van der Waals surface area contributed by atoms with E-state index in [2.05, 4.69) is 0 Å². The Hall–Kier alpha value is -1.20. The van der Waals surface area contributed by atoms with Crippen LogP contribution >= 0.6 is 23.2 Å². The third-order valence-electron chi connectivity index (χ3n) is 1.69. The van der Waals surface area contributed by atoms with Crippen molar-refractivity contribution in [2.24, 2.45) is 0 Å². The van der Waals surface area contributed by atoms with E-state index < -0.39 is 32.3 Å². The van der Waals surface area contributed by atoms with Gasteiger partial charge < -0.3 is 0 Å². The van der Waals surface area contributed by atoms with Gasteiger partial charge in [0.15, 0.2) is 10.8 Å². The third-order valence-corrected chi connectivity index (χ3v) is 2.44. The van der Waals surface area contributed by atoms with Crippen LogP contribution in [-0.4, -0.2) is 10.7 Å². The smallest absolute Gasteiger partial charge is 0.294 e. The molecule has 1 aromatic carbocycles. The van der Waals surface area contributed by atoms with Crippen molar-refractivity contribution < 1.29 is 14.1 Å². The van der Waals surface area contributed by atoms with Crippen LogP contribution in [0.1, 0.15) is 17.3 Å². The van der Waals surface area contributed by atoms with Gasteiger partial charge in [-0.05, 0) is 13.0 Å². The number of nitrogens with zero attached hydrogens (tertiary/aromatic N) is 1. The first-order valence-corrected chi connectivity index (χ1v) is 4.44. The average Bonchev–Trinajstić information content (AvgIpc) is 2.10. The normalized spacial score (nSPS) is 10.1. The van der Waals surface area contributed by atoms with E-state index in [0.29, 0.717) is 0 Å². The van der Waals surface area contributed by atoms with E-state index in [1.165, 1.54) is 0 Å². The number of rotatable bonds is 2. The van der Waals surface area contributed by atoms with Crippen LogP contribution in [-0.2, 0) is 0 Å². The van der Waals surface area contributed by atoms with E-state index in [-0.39, 0.29) is 5.56 Å². The Morgan fingerprint density at radius 1 is 1.47 bits per heavy atom. The summed E-state index contributed by atoms with van der Waals surface area (Å²) >= 11 is 10.9. The maximum atomic E-state index is 13.1. The molecular formula is C8H4Cl2FNO3. The molecule has 1 rings (SSSR count). The molecule has 4 nitrogen and oxygen atoms in total. The molecule has 7 heteroatoms. The predicted octanol–water partition coefficient (Wildman–Crippen LogP) is 3.24. The molecule has 0 saturated heterocycles. The number of carbonyl (C=O) groups excluding carboxylic acids is 1. The van der Waals surface area contributed by atoms with Gasteiger partial charge in [0.25, 0.3) is 0 Å². The lowest BCUT2D eigenvalue weighted by atomic mass is 10.1. The summed E-state index contributed by atoms with van der Waals surface area (Å²) in [5.74, 6) is -1.61. The van der Waals surface area contributed by atoms with E-state index >= 15 is 0 Å². The van der Waals surface area contributed by atoms with Gasteiger partial charge in [-0.15, -0.1) is 0 Å². The quantitative estimate of drug-likeness (QED) is 0.351. The maximum absolute atomic E-state index is 13.1. The van der Waals surface area contributed by atoms with Crippen molar-refractivity contribution in [1.29, 1.82) is 0 Å². The number of halogens is 3. The topological polar surface area (TPSA) is 60.2 Å². The molecule has 0 N–H and O–H groups in total. The lowest BCUT2D eigenvalue weighted by Gasteiger charge is -2.03. The van der Waals surface area contributed by atoms with E-state index in [0.717, 1.165) is 13.0 Å². The summed E-state index contributed by atoms with van der Waals surface area (Å²) in [5, 5.41) is 9.38. The minimum atomic E-state index is -1.04. The lowest BCUT2D eigenvalue weighted by Crippen LogP contribution is -2.00. The fraction of sp³-hybridized carbons (Fsp3) is 0.125. The van der Waals surface area contributed by atoms with Gasteiger partial charge in [-0.2, -0.15) is 0 Å². The Balaban J connectivity index is 3.63. The van der Waals surface area contributed by atoms with Gasteiger partial charge >= 0.3 is 5.69 Å². The largest absolute Gasteiger partial charge is 0.310 e. The zero-order valence-electron chi connectivity index (χ0n) is 7.38. The van der Waals surface area contributed by atoms with Gasteiger partial charge in [0.2, 0.25) is 0 Å². The van der Waals surface area contributed by atoms with Crippen LogP contribution in [0.5, 0.6) is 0 Å². The summed E-state index contributed by atoms with van der Waals surface area (Å²) in [5.41, 5.74) is -1.05. The summed E-state index contributed by atoms with van der Waals surface area (Å²) in [7, 11) is 0. The van der Waals surface area contributed by atoms with E-state index in [1.807, 2.05) is 0 Å². The van der Waals surface area contributed by atoms with E-state index in [4.69, 9.17) is 23.2 Å². The number of nitro benzene ring substituents is 1. The zero-order valence-corrected chi connectivity index (χ0v) is 8.90. The van der Waals surface area contributed by atoms with Crippen LogP contribution in [0.2, 0.25) is 10.0 Å². The zero-order chi connectivity index (χ0) is 11.7. The number of hydrogen-bond donors (Lipinski definition) is 0. The van der Waals surface area contributed by atoms with Crippen LogP contribution < -0.4 is 0 Å². The van der Waals surface area contributed by atoms with Gasteiger partial charge in [-0.3, -0.25) is 14.9 Å². The number of Topliss-reactive ketones (excluding diaryl/α,β-unsaturated/α-hetero) is 1. The van der Waals surface area contributed by atoms with Crippen molar-refractivity contribution in [3.05, 3.63) is 37.6 Å². The number of carbonyl (C=O) groups is 1. The number of benzene rings is 1. The molecular weight excluding hydrogens is 248 g/mol. The molecule has 0 aliphatic rings. The van der Waals surface area contributed by atoms with E-state index in [1.54, 1.807) is 0 Å². The second-order valence-electron chi connectivity index (χ2n) is 2.70. The second-order valence-corrected chi connectivity index (χ2v) is 3.45. The van der Waals surface area contributed by atoms with Gasteiger partial charge in [-0.25, -0.2) is 4.39 Å². The van der Waals surface area contributed by atoms with Crippen LogP contribution in [0.25, 0.3) is 0 Å². The Kier molecular flexibility index (Phi) is 3.26. The highest BCUT2D eigenvalue weighted by molar-refractivity contribution is 6.40. The van der Waals surface area contributed by atoms with Gasteiger partial charge in [0, 0.05) is 5.56 Å². The van der Waals surface area contributed by atoms with Gasteiger partial charge in [0.05, 0.1) is 4.92 Å². The van der Waals surface area contributed by atoms with Crippen LogP contribution in [0.15, 0.2) is 6.07 Å². The Morgan fingerprint density at radius 3 is 2.40 bits per heavy atom. The highest BCUT2D eigenvalue weighted by atomic mass is 35.5. The Morgan fingerprint density at radius 2 is 2.00 bits per heavy atom. The molecule has 0 radical (unpaired) electrons. The molecule has 0 unspecified atom stereocenters. The molecule has 0 amide bonds. The van der Waals surface area contributed by atoms with Crippen LogP contribution in [0.4, 0.5) is 10.1 Å². The molecule has 0 atom stereocenters. The minimum Gasteiger partial charge on any atom is -0.294 e. The Labute approximate surface area is 93.7 Å². The number of nitro groups is 1. The molecule has 15 heavy (non-hydrogen) atoms. The summed E-state index contributed by atoms with van der Waals surface area (Å²) in [6.07, 6.45) is 0. The fourth-order valence-corrected chi connectivity index (χ4v) is 1.62. The van der Waals surface area contributed by atoms with Crippen LogP contribution in [0.3, 0.4) is 0 Å². The monoisotopic (exact) mass is 251 g/mol. The molecule has 0 aromatic heterocycles. The molecule has 0 bridgehead atoms. The highest BCUT2D eigenvalue weighted by Crippen LogP contribution is 2.37. The highest BCUT2D eigenvalue weighted by Gasteiger charge is 2.26. The molecule has 0 heterocycles. The van der Waals surface area contributed by atoms with Gasteiger partial charge in [0.1, 0.15) is 10.8 Å². The SMILES string of the molecule is CC(=O)c1cc(F)c(Cl)c([N+](=O)[O-])c1Cl. The molecule has 0 fully saturated rings. The third kappa shape index (κ3) is 2.08. The molecule has 80 valence electrons. The van der Waals surface area contributed by atoms with Crippen molar-refractivity contribution in [2.75, 3.05) is 0 Å². The minimum absolute atomic E-state index is 0.259. The number of ketones is 1. The summed E-state index contributed by atoms with van der Waals surface area (Å²) in [6, 6.07) is 0.778. The first-order valence-electron chi connectivity index (χ1n) is 3.69. The van der Waals surface area contributed by atoms with Crippen molar-refractivity contribution in [3.63, 3.8) is 0 Å². The fourth-order valence-electron chi connectivity index (χ4n) is 1.01. The van der Waals surface area contributed by atoms with Gasteiger partial charge in [-0.1, -0.05) is 23.2 Å². The van der Waals surface area contributed by atoms with Crippen molar-refractivity contribution in [3.8, 4) is 0 Å². The van der Waals surface area contributed by atoms with Crippen molar-refractivity contribution >= 4 is 34.7 Å².